The summed E-state index contributed by atoms with van der Waals surface area (Å²) in [5.74, 6) is 3.18. The zero-order valence-electron chi connectivity index (χ0n) is 8.27. The van der Waals surface area contributed by atoms with Crippen LogP contribution >= 0.6 is 0 Å². The summed E-state index contributed by atoms with van der Waals surface area (Å²) in [5, 5.41) is 0. The molecule has 0 nitrogen and oxygen atoms in total. The molecule has 0 aliphatic heterocycles. The highest BCUT2D eigenvalue weighted by molar-refractivity contribution is 4.85. The molecule has 1 rings (SSSR count). The quantitative estimate of drug-likeness (QED) is 0.577. The van der Waals surface area contributed by atoms with E-state index in [4.69, 9.17) is 0 Å². The molecule has 1 aliphatic carbocycles. The molecule has 0 aromatic rings. The SMILES string of the molecule is CCCCC1CC(CC)C1C. The van der Waals surface area contributed by atoms with Gasteiger partial charge in [0.15, 0.2) is 0 Å². The molecular formula is C11H22. The lowest BCUT2D eigenvalue weighted by atomic mass is 9.63. The first-order valence-electron chi connectivity index (χ1n) is 5.29. The Kier molecular flexibility index (Phi) is 3.42. The molecule has 1 fully saturated rings. The standard InChI is InChI=1S/C11H22/c1-4-6-7-11-8-10(5-2)9(11)3/h9-11H,4-8H2,1-3H3. The molecule has 0 bridgehead atoms. The fraction of sp³-hybridized carbons (Fsp3) is 1.00. The number of hydrogen-bond acceptors (Lipinski definition) is 0. The van der Waals surface area contributed by atoms with E-state index < -0.39 is 0 Å². The van der Waals surface area contributed by atoms with Gasteiger partial charge in [-0.2, -0.15) is 0 Å². The lowest BCUT2D eigenvalue weighted by molar-refractivity contribution is 0.0750. The van der Waals surface area contributed by atoms with Crippen molar-refractivity contribution in [3.63, 3.8) is 0 Å². The highest BCUT2D eigenvalue weighted by atomic mass is 14.4. The summed E-state index contributed by atoms with van der Waals surface area (Å²) in [5.41, 5.74) is 0. The van der Waals surface area contributed by atoms with Crippen molar-refractivity contribution in [3.05, 3.63) is 0 Å². The Balaban J connectivity index is 2.11. The van der Waals surface area contributed by atoms with Crippen molar-refractivity contribution in [3.8, 4) is 0 Å². The van der Waals surface area contributed by atoms with Crippen LogP contribution in [-0.4, -0.2) is 0 Å². The van der Waals surface area contributed by atoms with Crippen LogP contribution in [0.3, 0.4) is 0 Å². The van der Waals surface area contributed by atoms with Gasteiger partial charge in [0.25, 0.3) is 0 Å². The average Bonchev–Trinajstić information content (AvgIpc) is 2.03. The van der Waals surface area contributed by atoms with Crippen molar-refractivity contribution >= 4 is 0 Å². The molecule has 0 N–H and O–H groups in total. The summed E-state index contributed by atoms with van der Waals surface area (Å²) in [6, 6.07) is 0. The second-order valence-electron chi connectivity index (χ2n) is 4.17. The largest absolute Gasteiger partial charge is 0.0654 e. The Bertz CT molecular complexity index is 105. The topological polar surface area (TPSA) is 0 Å². The van der Waals surface area contributed by atoms with E-state index in [1.54, 1.807) is 0 Å². The van der Waals surface area contributed by atoms with Crippen LogP contribution in [0.25, 0.3) is 0 Å². The van der Waals surface area contributed by atoms with Crippen molar-refractivity contribution in [2.45, 2.75) is 52.9 Å². The Labute approximate surface area is 71.4 Å². The molecule has 0 aromatic carbocycles. The van der Waals surface area contributed by atoms with Gasteiger partial charge in [0.05, 0.1) is 0 Å². The van der Waals surface area contributed by atoms with Gasteiger partial charge in [-0.05, 0) is 24.2 Å². The van der Waals surface area contributed by atoms with Crippen molar-refractivity contribution in [1.82, 2.24) is 0 Å². The smallest absolute Gasteiger partial charge is 0.0383 e. The Morgan fingerprint density at radius 3 is 2.36 bits per heavy atom. The van der Waals surface area contributed by atoms with Gasteiger partial charge >= 0.3 is 0 Å². The first-order chi connectivity index (χ1) is 5.29. The van der Waals surface area contributed by atoms with Gasteiger partial charge in [0, 0.05) is 0 Å². The minimum Gasteiger partial charge on any atom is -0.0654 e. The predicted molar refractivity (Wildman–Crippen MR) is 50.6 cm³/mol. The Hall–Kier alpha value is 0. The molecule has 0 saturated heterocycles. The molecule has 1 aliphatic rings. The minimum atomic E-state index is 1.03. The highest BCUT2D eigenvalue weighted by Crippen LogP contribution is 2.44. The van der Waals surface area contributed by atoms with Gasteiger partial charge in [-0.1, -0.05) is 46.5 Å². The van der Waals surface area contributed by atoms with Crippen molar-refractivity contribution in [2.75, 3.05) is 0 Å². The zero-order valence-corrected chi connectivity index (χ0v) is 8.27. The summed E-state index contributed by atoms with van der Waals surface area (Å²) in [7, 11) is 0. The maximum atomic E-state index is 2.44. The average molecular weight is 154 g/mol. The predicted octanol–water partition coefficient (Wildman–Crippen LogP) is 3.86. The van der Waals surface area contributed by atoms with Crippen molar-refractivity contribution in [2.24, 2.45) is 17.8 Å². The second-order valence-corrected chi connectivity index (χ2v) is 4.17. The van der Waals surface area contributed by atoms with E-state index in [9.17, 15) is 0 Å². The van der Waals surface area contributed by atoms with Gasteiger partial charge in [-0.25, -0.2) is 0 Å². The van der Waals surface area contributed by atoms with E-state index in [1.807, 2.05) is 0 Å². The van der Waals surface area contributed by atoms with Crippen LogP contribution in [0.15, 0.2) is 0 Å². The third-order valence-corrected chi connectivity index (χ3v) is 3.55. The lowest BCUT2D eigenvalue weighted by Gasteiger charge is -2.42. The Morgan fingerprint density at radius 1 is 1.18 bits per heavy atom. The molecular weight excluding hydrogens is 132 g/mol. The molecule has 3 atom stereocenters. The molecule has 0 heterocycles. The zero-order chi connectivity index (χ0) is 8.27. The monoisotopic (exact) mass is 154 g/mol. The number of hydrogen-bond donors (Lipinski definition) is 0. The van der Waals surface area contributed by atoms with Crippen molar-refractivity contribution in [1.29, 1.82) is 0 Å². The number of unbranched alkanes of at least 4 members (excludes halogenated alkanes) is 1. The van der Waals surface area contributed by atoms with E-state index in [-0.39, 0.29) is 0 Å². The number of rotatable bonds is 4. The first kappa shape index (κ1) is 9.09. The summed E-state index contributed by atoms with van der Waals surface area (Å²) in [6.07, 6.45) is 7.25. The van der Waals surface area contributed by atoms with Crippen LogP contribution in [0.1, 0.15) is 52.9 Å². The normalized spacial score (nSPS) is 36.8. The van der Waals surface area contributed by atoms with Gasteiger partial charge in [0.2, 0.25) is 0 Å². The van der Waals surface area contributed by atoms with E-state index in [1.165, 1.54) is 32.1 Å². The Morgan fingerprint density at radius 2 is 1.91 bits per heavy atom. The second kappa shape index (κ2) is 4.13. The third-order valence-electron chi connectivity index (χ3n) is 3.55. The van der Waals surface area contributed by atoms with E-state index in [0.29, 0.717) is 0 Å². The van der Waals surface area contributed by atoms with Gasteiger partial charge < -0.3 is 0 Å². The van der Waals surface area contributed by atoms with Gasteiger partial charge in [-0.15, -0.1) is 0 Å². The molecule has 0 amide bonds. The van der Waals surface area contributed by atoms with E-state index in [2.05, 4.69) is 20.8 Å². The van der Waals surface area contributed by atoms with Crippen molar-refractivity contribution < 1.29 is 0 Å². The molecule has 0 radical (unpaired) electrons. The van der Waals surface area contributed by atoms with Gasteiger partial charge in [0.1, 0.15) is 0 Å². The minimum absolute atomic E-state index is 1.03. The maximum absolute atomic E-state index is 2.44. The van der Waals surface area contributed by atoms with Crippen LogP contribution in [0.5, 0.6) is 0 Å². The van der Waals surface area contributed by atoms with Crippen LogP contribution in [-0.2, 0) is 0 Å². The molecule has 3 unspecified atom stereocenters. The van der Waals surface area contributed by atoms with Gasteiger partial charge in [-0.3, -0.25) is 0 Å². The lowest BCUT2D eigenvalue weighted by Crippen LogP contribution is -2.33. The molecule has 0 spiro atoms. The van der Waals surface area contributed by atoms with Crippen LogP contribution in [0, 0.1) is 17.8 Å². The van der Waals surface area contributed by atoms with E-state index in [0.717, 1.165) is 17.8 Å². The van der Waals surface area contributed by atoms with Crippen LogP contribution in [0.4, 0.5) is 0 Å². The van der Waals surface area contributed by atoms with Crippen LogP contribution in [0.2, 0.25) is 0 Å². The summed E-state index contributed by atoms with van der Waals surface area (Å²) < 4.78 is 0. The molecule has 66 valence electrons. The summed E-state index contributed by atoms with van der Waals surface area (Å²) >= 11 is 0. The maximum Gasteiger partial charge on any atom is -0.0383 e. The molecule has 1 saturated carbocycles. The van der Waals surface area contributed by atoms with Crippen LogP contribution < -0.4 is 0 Å². The molecule has 0 heteroatoms. The van der Waals surface area contributed by atoms with E-state index >= 15 is 0 Å². The summed E-state index contributed by atoms with van der Waals surface area (Å²) in [4.78, 5) is 0. The molecule has 0 aromatic heterocycles. The fourth-order valence-corrected chi connectivity index (χ4v) is 2.39. The fourth-order valence-electron chi connectivity index (χ4n) is 2.39. The highest BCUT2D eigenvalue weighted by Gasteiger charge is 2.34. The molecule has 11 heavy (non-hydrogen) atoms. The summed E-state index contributed by atoms with van der Waals surface area (Å²) in [6.45, 7) is 7.07. The third kappa shape index (κ3) is 1.98. The first-order valence-corrected chi connectivity index (χ1v) is 5.29.